The summed E-state index contributed by atoms with van der Waals surface area (Å²) in [5, 5.41) is 31.4. The summed E-state index contributed by atoms with van der Waals surface area (Å²) in [5.41, 5.74) is 1.63. The van der Waals surface area contributed by atoms with Crippen molar-refractivity contribution < 1.29 is 31.9 Å². The van der Waals surface area contributed by atoms with Crippen molar-refractivity contribution in [3.63, 3.8) is 0 Å². The topological polar surface area (TPSA) is 173 Å². The largest absolute Gasteiger partial charge is 0.490 e. The summed E-state index contributed by atoms with van der Waals surface area (Å²) in [5.74, 6) is -2.44. The average Bonchev–Trinajstić information content (AvgIpc) is 3.72. The minimum atomic E-state index is -5.08. The number of carboxylic acid groups (broad SMARTS) is 1. The van der Waals surface area contributed by atoms with Crippen molar-refractivity contribution in [1.82, 2.24) is 34.7 Å². The van der Waals surface area contributed by atoms with E-state index < -0.39 is 24.3 Å². The lowest BCUT2D eigenvalue weighted by Crippen LogP contribution is -2.26. The number of alkyl halides is 5. The molecule has 0 aromatic carbocycles. The highest BCUT2D eigenvalue weighted by Gasteiger charge is 2.38. The summed E-state index contributed by atoms with van der Waals surface area (Å²) in [7, 11) is 0. The van der Waals surface area contributed by atoms with Crippen LogP contribution in [0.3, 0.4) is 0 Å². The molecule has 0 spiro atoms. The smallest absolute Gasteiger partial charge is 0.475 e. The van der Waals surface area contributed by atoms with Gasteiger partial charge in [0.2, 0.25) is 0 Å². The van der Waals surface area contributed by atoms with Gasteiger partial charge in [-0.05, 0) is 12.5 Å². The van der Waals surface area contributed by atoms with Gasteiger partial charge in [0.25, 0.3) is 6.43 Å². The molecule has 2 N–H and O–H groups in total. The Morgan fingerprint density at radius 1 is 1.22 bits per heavy atom. The number of halogens is 5. The van der Waals surface area contributed by atoms with Crippen LogP contribution in [0.25, 0.3) is 22.3 Å². The van der Waals surface area contributed by atoms with Gasteiger partial charge < -0.3 is 15.0 Å². The first-order chi connectivity index (χ1) is 19.5. The molecule has 1 aliphatic rings. The van der Waals surface area contributed by atoms with Crippen molar-refractivity contribution >= 4 is 22.8 Å². The molecule has 4 aromatic heterocycles. The number of H-pyrrole nitrogens is 1. The normalized spacial score (nSPS) is 15.7. The Bertz CT molecular complexity index is 1620. The molecule has 0 radical (unpaired) electrons. The number of hydrogen-bond acceptors (Lipinski definition) is 9. The van der Waals surface area contributed by atoms with Crippen LogP contribution in [0.5, 0.6) is 0 Å². The summed E-state index contributed by atoms with van der Waals surface area (Å²) in [4.78, 5) is 30.3. The number of aromatic nitrogens is 7. The molecule has 0 amide bonds. The van der Waals surface area contributed by atoms with E-state index in [2.05, 4.69) is 36.1 Å². The van der Waals surface area contributed by atoms with Crippen LogP contribution in [0, 0.1) is 28.6 Å². The maximum absolute atomic E-state index is 12.9. The number of nitrogens with zero attached hydrogens (tertiary/aromatic N) is 9. The van der Waals surface area contributed by atoms with Crippen LogP contribution in [-0.4, -0.2) is 65.0 Å². The molecule has 0 aliphatic carbocycles. The minimum absolute atomic E-state index is 0.0354. The van der Waals surface area contributed by atoms with Crippen molar-refractivity contribution in [1.29, 1.82) is 10.5 Å². The third kappa shape index (κ3) is 6.35. The molecule has 41 heavy (non-hydrogen) atoms. The van der Waals surface area contributed by atoms with Crippen LogP contribution < -0.4 is 4.90 Å². The molecule has 1 saturated heterocycles. The first-order valence-electron chi connectivity index (χ1n) is 11.8. The molecule has 17 heteroatoms. The second-order valence-electron chi connectivity index (χ2n) is 8.78. The number of nitriles is 2. The molecule has 1 fully saturated rings. The van der Waals surface area contributed by atoms with Crippen molar-refractivity contribution in [3.8, 4) is 23.4 Å². The van der Waals surface area contributed by atoms with Crippen molar-refractivity contribution in [2.24, 2.45) is 5.92 Å². The van der Waals surface area contributed by atoms with E-state index in [9.17, 15) is 32.5 Å². The summed E-state index contributed by atoms with van der Waals surface area (Å²) in [6, 6.07) is 5.79. The van der Waals surface area contributed by atoms with E-state index >= 15 is 0 Å². The lowest BCUT2D eigenvalue weighted by atomic mass is 9.96. The van der Waals surface area contributed by atoms with Crippen LogP contribution >= 0.6 is 0 Å². The van der Waals surface area contributed by atoms with E-state index in [1.807, 2.05) is 23.2 Å². The Balaban J connectivity index is 0.000000493. The number of aromatic amines is 1. The highest BCUT2D eigenvalue weighted by molar-refractivity contribution is 5.90. The first kappa shape index (κ1) is 28.8. The molecule has 5 rings (SSSR count). The van der Waals surface area contributed by atoms with Gasteiger partial charge >= 0.3 is 12.1 Å². The number of fused-ring (bicyclic) bond motifs is 1. The van der Waals surface area contributed by atoms with Gasteiger partial charge in [-0.1, -0.05) is 0 Å². The first-order valence-corrected chi connectivity index (χ1v) is 11.8. The SMILES string of the molecule is N#CC[C@@H]([C@H]1CCN(c2ncc(C(F)F)nc2C#N)C1)n1cc(-c2ncnc3[nH]ccc23)cn1.O=C(O)C(F)(F)F. The van der Waals surface area contributed by atoms with Gasteiger partial charge in [0.05, 0.1) is 36.6 Å². The van der Waals surface area contributed by atoms with E-state index in [0.29, 0.717) is 13.1 Å². The van der Waals surface area contributed by atoms with Gasteiger partial charge in [0.15, 0.2) is 11.5 Å². The number of hydrogen-bond donors (Lipinski definition) is 2. The second-order valence-corrected chi connectivity index (χ2v) is 8.78. The minimum Gasteiger partial charge on any atom is -0.475 e. The van der Waals surface area contributed by atoms with E-state index in [-0.39, 0.29) is 29.9 Å². The summed E-state index contributed by atoms with van der Waals surface area (Å²) in [6.45, 7) is 1.06. The zero-order chi connectivity index (χ0) is 29.7. The van der Waals surface area contributed by atoms with E-state index in [1.165, 1.54) is 6.33 Å². The van der Waals surface area contributed by atoms with Crippen molar-refractivity contribution in [3.05, 3.63) is 48.6 Å². The molecule has 1 aliphatic heterocycles. The van der Waals surface area contributed by atoms with Gasteiger partial charge in [-0.15, -0.1) is 0 Å². The Labute approximate surface area is 227 Å². The molecule has 5 heterocycles. The average molecular weight is 574 g/mol. The second kappa shape index (κ2) is 11.9. The Morgan fingerprint density at radius 3 is 2.63 bits per heavy atom. The fourth-order valence-corrected chi connectivity index (χ4v) is 4.42. The molecule has 12 nitrogen and oxygen atoms in total. The van der Waals surface area contributed by atoms with Crippen LogP contribution in [0.15, 0.2) is 37.2 Å². The van der Waals surface area contributed by atoms with E-state index in [0.717, 1.165) is 34.9 Å². The predicted molar refractivity (Wildman–Crippen MR) is 130 cm³/mol. The fourth-order valence-electron chi connectivity index (χ4n) is 4.42. The molecule has 4 aromatic rings. The molecule has 0 unspecified atom stereocenters. The van der Waals surface area contributed by atoms with Crippen molar-refractivity contribution in [2.75, 3.05) is 18.0 Å². The number of aliphatic carboxylic acids is 1. The number of carboxylic acids is 1. The Morgan fingerprint density at radius 2 is 1.98 bits per heavy atom. The molecular formula is C24H19F5N10O2. The van der Waals surface area contributed by atoms with Gasteiger partial charge in [0.1, 0.15) is 23.7 Å². The summed E-state index contributed by atoms with van der Waals surface area (Å²) < 4.78 is 59.4. The monoisotopic (exact) mass is 574 g/mol. The zero-order valence-corrected chi connectivity index (χ0v) is 20.8. The fraction of sp³-hybridized carbons (Fsp3) is 0.333. The molecule has 0 saturated carbocycles. The highest BCUT2D eigenvalue weighted by atomic mass is 19.4. The maximum Gasteiger partial charge on any atom is 0.490 e. The number of rotatable bonds is 6. The van der Waals surface area contributed by atoms with Crippen LogP contribution in [0.1, 0.15) is 36.7 Å². The van der Waals surface area contributed by atoms with Crippen LogP contribution in [0.4, 0.5) is 27.8 Å². The maximum atomic E-state index is 12.9. The molecular weight excluding hydrogens is 555 g/mol. The molecule has 0 bridgehead atoms. The Hall–Kier alpha value is -5.19. The highest BCUT2D eigenvalue weighted by Crippen LogP contribution is 2.34. The van der Waals surface area contributed by atoms with Gasteiger partial charge in [-0.3, -0.25) is 4.68 Å². The van der Waals surface area contributed by atoms with Gasteiger partial charge in [-0.25, -0.2) is 33.5 Å². The van der Waals surface area contributed by atoms with E-state index in [4.69, 9.17) is 9.90 Å². The third-order valence-corrected chi connectivity index (χ3v) is 6.28. The summed E-state index contributed by atoms with van der Waals surface area (Å²) in [6.07, 6.45) is 0.960. The molecule has 212 valence electrons. The summed E-state index contributed by atoms with van der Waals surface area (Å²) >= 11 is 0. The molecule has 2 atom stereocenters. The van der Waals surface area contributed by atoms with Gasteiger partial charge in [0, 0.05) is 42.4 Å². The van der Waals surface area contributed by atoms with E-state index in [1.54, 1.807) is 17.1 Å². The Kier molecular flexibility index (Phi) is 8.37. The zero-order valence-electron chi connectivity index (χ0n) is 20.8. The standard InChI is InChI=1S/C22H18F2N10.C2HF3O2/c23-20(24)17-9-28-22(16(7-26)32-17)33-6-3-13(10-33)18(1-4-25)34-11-14(8-31-34)19-15-2-5-27-21(15)30-12-29-19;3-2(4,5)1(6)7/h2,5,8-9,11-13,18,20H,1,3,6,10H2,(H,27,29,30);(H,6,7)/t13-,18-;/m0./s1. The quantitative estimate of drug-likeness (QED) is 0.320. The number of nitrogens with one attached hydrogen (secondary N) is 1. The number of anilines is 1. The van der Waals surface area contributed by atoms with Gasteiger partial charge in [-0.2, -0.15) is 28.8 Å². The predicted octanol–water partition coefficient (Wildman–Crippen LogP) is 4.04. The van der Waals surface area contributed by atoms with Crippen LogP contribution in [-0.2, 0) is 4.79 Å². The lowest BCUT2D eigenvalue weighted by molar-refractivity contribution is -0.192. The third-order valence-electron chi connectivity index (χ3n) is 6.28. The lowest BCUT2D eigenvalue weighted by Gasteiger charge is -2.23. The number of carbonyl (C=O) groups is 1. The van der Waals surface area contributed by atoms with Crippen LogP contribution in [0.2, 0.25) is 0 Å². The van der Waals surface area contributed by atoms with Crippen molar-refractivity contribution in [2.45, 2.75) is 31.5 Å².